The third kappa shape index (κ3) is 3.87. The molecule has 0 radical (unpaired) electrons. The Morgan fingerprint density at radius 3 is 2.31 bits per heavy atom. The SMILES string of the molecule is Cc1ccc2oc(=O)cc(C[NH+]3CC[NH+](Cc4ccccc4)CC3)c2c1. The molecule has 1 saturated heterocycles. The number of hydrogen-bond acceptors (Lipinski definition) is 2. The lowest BCUT2D eigenvalue weighted by Crippen LogP contribution is -3.27. The summed E-state index contributed by atoms with van der Waals surface area (Å²) < 4.78 is 5.36. The van der Waals surface area contributed by atoms with Gasteiger partial charge in [-0.2, -0.15) is 0 Å². The van der Waals surface area contributed by atoms with Gasteiger partial charge in [-0.3, -0.25) is 0 Å². The first-order valence-electron chi connectivity index (χ1n) is 9.42. The summed E-state index contributed by atoms with van der Waals surface area (Å²) in [7, 11) is 0. The minimum Gasteiger partial charge on any atom is -0.423 e. The zero-order valence-electron chi connectivity index (χ0n) is 15.3. The predicted octanol–water partition coefficient (Wildman–Crippen LogP) is 0.585. The summed E-state index contributed by atoms with van der Waals surface area (Å²) in [4.78, 5) is 15.1. The maximum atomic E-state index is 11.9. The van der Waals surface area contributed by atoms with Crippen molar-refractivity contribution in [3.8, 4) is 0 Å². The van der Waals surface area contributed by atoms with Gasteiger partial charge < -0.3 is 14.2 Å². The molecule has 4 rings (SSSR count). The smallest absolute Gasteiger partial charge is 0.336 e. The Morgan fingerprint density at radius 2 is 1.58 bits per heavy atom. The van der Waals surface area contributed by atoms with E-state index in [0.717, 1.165) is 37.1 Å². The molecule has 134 valence electrons. The molecule has 1 fully saturated rings. The Hall–Kier alpha value is -2.43. The van der Waals surface area contributed by atoms with E-state index >= 15 is 0 Å². The molecule has 2 aromatic carbocycles. The van der Waals surface area contributed by atoms with Crippen molar-refractivity contribution >= 4 is 11.0 Å². The third-order valence-electron chi connectivity index (χ3n) is 5.39. The summed E-state index contributed by atoms with van der Waals surface area (Å²) >= 11 is 0. The lowest BCUT2D eigenvalue weighted by atomic mass is 10.1. The van der Waals surface area contributed by atoms with E-state index in [1.165, 1.54) is 24.2 Å². The van der Waals surface area contributed by atoms with Crippen LogP contribution < -0.4 is 15.4 Å². The molecule has 26 heavy (non-hydrogen) atoms. The summed E-state index contributed by atoms with van der Waals surface area (Å²) in [5.41, 5.74) is 4.17. The molecule has 0 aliphatic carbocycles. The maximum absolute atomic E-state index is 11.9. The van der Waals surface area contributed by atoms with Crippen LogP contribution in [0.3, 0.4) is 0 Å². The molecule has 3 aromatic rings. The monoisotopic (exact) mass is 350 g/mol. The van der Waals surface area contributed by atoms with Crippen LogP contribution in [0, 0.1) is 6.92 Å². The predicted molar refractivity (Wildman–Crippen MR) is 102 cm³/mol. The standard InChI is InChI=1S/C22H24N2O2/c1-17-7-8-21-20(13-17)19(14-22(25)26-21)16-24-11-9-23(10-12-24)15-18-5-3-2-4-6-18/h2-8,13-14H,9-12,15-16H2,1H3/p+2. The second-order valence-electron chi connectivity index (χ2n) is 7.43. The van der Waals surface area contributed by atoms with Crippen molar-refractivity contribution in [2.75, 3.05) is 26.2 Å². The lowest BCUT2D eigenvalue weighted by Gasteiger charge is -2.30. The summed E-state index contributed by atoms with van der Waals surface area (Å²) in [5, 5.41) is 1.08. The topological polar surface area (TPSA) is 39.1 Å². The third-order valence-corrected chi connectivity index (χ3v) is 5.39. The van der Waals surface area contributed by atoms with Crippen LogP contribution in [0.2, 0.25) is 0 Å². The largest absolute Gasteiger partial charge is 0.423 e. The fraction of sp³-hybridized carbons (Fsp3) is 0.318. The molecule has 1 aromatic heterocycles. The van der Waals surface area contributed by atoms with Crippen LogP contribution in [-0.4, -0.2) is 26.2 Å². The van der Waals surface area contributed by atoms with Gasteiger partial charge in [-0.1, -0.05) is 42.0 Å². The maximum Gasteiger partial charge on any atom is 0.336 e. The summed E-state index contributed by atoms with van der Waals surface area (Å²) in [6, 6.07) is 18.4. The van der Waals surface area contributed by atoms with E-state index in [0.29, 0.717) is 5.58 Å². The van der Waals surface area contributed by atoms with Crippen molar-refractivity contribution in [1.29, 1.82) is 0 Å². The average molecular weight is 350 g/mol. The van der Waals surface area contributed by atoms with E-state index < -0.39 is 0 Å². The second kappa shape index (κ2) is 7.44. The van der Waals surface area contributed by atoms with Gasteiger partial charge in [0.25, 0.3) is 0 Å². The minimum atomic E-state index is -0.246. The first kappa shape index (κ1) is 17.0. The molecule has 0 atom stereocenters. The van der Waals surface area contributed by atoms with Crippen LogP contribution in [0.1, 0.15) is 16.7 Å². The number of quaternary nitrogens is 2. The molecule has 1 aliphatic rings. The normalized spacial score (nSPS) is 20.3. The fourth-order valence-corrected chi connectivity index (χ4v) is 3.95. The van der Waals surface area contributed by atoms with Gasteiger partial charge in [0.1, 0.15) is 44.9 Å². The zero-order chi connectivity index (χ0) is 17.9. The molecule has 0 unspecified atom stereocenters. The molecule has 2 heterocycles. The molecule has 4 heteroatoms. The Bertz CT molecular complexity index is 941. The van der Waals surface area contributed by atoms with Gasteiger partial charge in [0.2, 0.25) is 0 Å². The number of hydrogen-bond donors (Lipinski definition) is 2. The molecule has 2 N–H and O–H groups in total. The molecule has 1 aliphatic heterocycles. The van der Waals surface area contributed by atoms with Crippen molar-refractivity contribution in [1.82, 2.24) is 0 Å². The van der Waals surface area contributed by atoms with Gasteiger partial charge in [-0.25, -0.2) is 4.79 Å². The molecular weight excluding hydrogens is 324 g/mol. The number of benzene rings is 2. The fourth-order valence-electron chi connectivity index (χ4n) is 3.95. The Balaban J connectivity index is 1.44. The van der Waals surface area contributed by atoms with Crippen molar-refractivity contribution in [2.24, 2.45) is 0 Å². The van der Waals surface area contributed by atoms with Crippen LogP contribution in [0.15, 0.2) is 63.8 Å². The van der Waals surface area contributed by atoms with E-state index in [4.69, 9.17) is 4.42 Å². The highest BCUT2D eigenvalue weighted by atomic mass is 16.4. The summed E-state index contributed by atoms with van der Waals surface area (Å²) in [6.07, 6.45) is 0. The highest BCUT2D eigenvalue weighted by Gasteiger charge is 2.24. The summed E-state index contributed by atoms with van der Waals surface area (Å²) in [5.74, 6) is 0. The van der Waals surface area contributed by atoms with E-state index in [9.17, 15) is 4.79 Å². The van der Waals surface area contributed by atoms with Crippen molar-refractivity contribution < 1.29 is 14.2 Å². The van der Waals surface area contributed by atoms with Gasteiger partial charge in [-0.15, -0.1) is 0 Å². The van der Waals surface area contributed by atoms with Crippen LogP contribution >= 0.6 is 0 Å². The lowest BCUT2D eigenvalue weighted by molar-refractivity contribution is -1.02. The quantitative estimate of drug-likeness (QED) is 0.676. The van der Waals surface area contributed by atoms with E-state index in [1.807, 2.05) is 12.1 Å². The van der Waals surface area contributed by atoms with Crippen LogP contribution in [0.4, 0.5) is 0 Å². The van der Waals surface area contributed by atoms with Crippen molar-refractivity contribution in [2.45, 2.75) is 20.0 Å². The van der Waals surface area contributed by atoms with Gasteiger partial charge in [0, 0.05) is 22.6 Å². The molecular formula is C22H26N2O2+2. The van der Waals surface area contributed by atoms with Gasteiger partial charge >= 0.3 is 5.63 Å². The highest BCUT2D eigenvalue weighted by molar-refractivity contribution is 5.80. The van der Waals surface area contributed by atoms with Gasteiger partial charge in [0.05, 0.1) is 0 Å². The van der Waals surface area contributed by atoms with E-state index in [-0.39, 0.29) is 5.63 Å². The molecule has 4 nitrogen and oxygen atoms in total. The number of fused-ring (bicyclic) bond motifs is 1. The van der Waals surface area contributed by atoms with Crippen molar-refractivity contribution in [3.05, 3.63) is 81.7 Å². The molecule has 0 amide bonds. The minimum absolute atomic E-state index is 0.246. The molecule has 0 spiro atoms. The highest BCUT2D eigenvalue weighted by Crippen LogP contribution is 2.18. The Morgan fingerprint density at radius 1 is 0.885 bits per heavy atom. The van der Waals surface area contributed by atoms with E-state index in [1.54, 1.807) is 15.9 Å². The zero-order valence-corrected chi connectivity index (χ0v) is 15.3. The van der Waals surface area contributed by atoms with Gasteiger partial charge in [-0.05, 0) is 19.1 Å². The first-order valence-corrected chi connectivity index (χ1v) is 9.42. The van der Waals surface area contributed by atoms with Crippen LogP contribution in [0.5, 0.6) is 0 Å². The number of aryl methyl sites for hydroxylation is 1. The van der Waals surface area contributed by atoms with Crippen LogP contribution in [-0.2, 0) is 13.1 Å². The average Bonchev–Trinajstić information content (AvgIpc) is 2.65. The van der Waals surface area contributed by atoms with Crippen molar-refractivity contribution in [3.63, 3.8) is 0 Å². The summed E-state index contributed by atoms with van der Waals surface area (Å²) in [6.45, 7) is 8.68. The first-order chi connectivity index (χ1) is 12.7. The molecule has 0 bridgehead atoms. The van der Waals surface area contributed by atoms with Gasteiger partial charge in [0.15, 0.2) is 0 Å². The number of rotatable bonds is 4. The molecule has 0 saturated carbocycles. The van der Waals surface area contributed by atoms with Crippen LogP contribution in [0.25, 0.3) is 11.0 Å². The Labute approximate surface area is 153 Å². The number of piperazine rings is 1. The Kier molecular flexibility index (Phi) is 4.87. The van der Waals surface area contributed by atoms with E-state index in [2.05, 4.69) is 43.3 Å². The number of nitrogens with one attached hydrogen (secondary N) is 2. The second-order valence-corrected chi connectivity index (χ2v) is 7.43.